The summed E-state index contributed by atoms with van der Waals surface area (Å²) in [4.78, 5) is 0. The summed E-state index contributed by atoms with van der Waals surface area (Å²) in [6.07, 6.45) is 7.72. The van der Waals surface area contributed by atoms with Crippen LogP contribution in [0.25, 0.3) is 6.08 Å². The van der Waals surface area contributed by atoms with Crippen molar-refractivity contribution in [1.29, 1.82) is 0 Å². The Morgan fingerprint density at radius 3 is 2.68 bits per heavy atom. The molecule has 22 heavy (non-hydrogen) atoms. The third-order valence-corrected chi connectivity index (χ3v) is 5.89. The Balaban J connectivity index is 1.94. The Kier molecular flexibility index (Phi) is 6.65. The third-order valence-electron chi connectivity index (χ3n) is 4.12. The van der Waals surface area contributed by atoms with Gasteiger partial charge in [0.25, 0.3) is 0 Å². The van der Waals surface area contributed by atoms with E-state index < -0.39 is 9.84 Å². The van der Waals surface area contributed by atoms with Crippen molar-refractivity contribution in [3.63, 3.8) is 0 Å². The molecular weight excluding hydrogens is 294 g/mol. The maximum atomic E-state index is 11.5. The van der Waals surface area contributed by atoms with Crippen LogP contribution in [0.5, 0.6) is 0 Å². The fourth-order valence-electron chi connectivity index (χ4n) is 2.83. The molecule has 1 N–H and O–H groups in total. The second kappa shape index (κ2) is 8.49. The molecule has 3 nitrogen and oxygen atoms in total. The smallest absolute Gasteiger partial charge is 0.151 e. The molecule has 0 amide bonds. The average Bonchev–Trinajstić information content (AvgIpc) is 2.85. The summed E-state index contributed by atoms with van der Waals surface area (Å²) in [5.74, 6) is 0.624. The van der Waals surface area contributed by atoms with Crippen molar-refractivity contribution in [1.82, 2.24) is 5.32 Å². The van der Waals surface area contributed by atoms with Crippen LogP contribution in [0.1, 0.15) is 44.6 Å². The molecule has 1 aromatic rings. The van der Waals surface area contributed by atoms with Gasteiger partial charge in [-0.25, -0.2) is 8.42 Å². The van der Waals surface area contributed by atoms with Gasteiger partial charge in [-0.3, -0.25) is 0 Å². The predicted molar refractivity (Wildman–Crippen MR) is 93.6 cm³/mol. The highest BCUT2D eigenvalue weighted by molar-refractivity contribution is 7.91. The second-order valence-electron chi connectivity index (χ2n) is 6.15. The number of unbranched alkanes of at least 4 members (excludes halogenated alkanes) is 2. The van der Waals surface area contributed by atoms with Gasteiger partial charge in [0, 0.05) is 12.6 Å². The quantitative estimate of drug-likeness (QED) is 0.746. The molecule has 1 aromatic carbocycles. The van der Waals surface area contributed by atoms with Crippen molar-refractivity contribution in [2.45, 2.75) is 45.1 Å². The molecule has 0 aliphatic carbocycles. The number of hydrogen-bond donors (Lipinski definition) is 1. The largest absolute Gasteiger partial charge is 0.309 e. The zero-order valence-electron chi connectivity index (χ0n) is 13.4. The van der Waals surface area contributed by atoms with E-state index in [1.165, 1.54) is 30.4 Å². The lowest BCUT2D eigenvalue weighted by molar-refractivity contribution is 0.570. The maximum Gasteiger partial charge on any atom is 0.151 e. The summed E-state index contributed by atoms with van der Waals surface area (Å²) in [5, 5.41) is 3.44. The van der Waals surface area contributed by atoms with Gasteiger partial charge in [0.15, 0.2) is 9.84 Å². The number of sulfone groups is 1. The molecular formula is C18H27NO2S. The van der Waals surface area contributed by atoms with E-state index >= 15 is 0 Å². The Bertz CT molecular complexity index is 578. The van der Waals surface area contributed by atoms with Crippen LogP contribution in [0, 0.1) is 0 Å². The molecule has 2 rings (SSSR count). The summed E-state index contributed by atoms with van der Waals surface area (Å²) < 4.78 is 23.1. The van der Waals surface area contributed by atoms with Gasteiger partial charge < -0.3 is 5.32 Å². The second-order valence-corrected chi connectivity index (χ2v) is 8.38. The first-order chi connectivity index (χ1) is 10.6. The Morgan fingerprint density at radius 1 is 1.27 bits per heavy atom. The van der Waals surface area contributed by atoms with Crippen LogP contribution < -0.4 is 5.32 Å². The van der Waals surface area contributed by atoms with Crippen LogP contribution in [-0.2, 0) is 9.84 Å². The fourth-order valence-corrected chi connectivity index (χ4v) is 4.54. The van der Waals surface area contributed by atoms with Crippen molar-refractivity contribution >= 4 is 15.9 Å². The summed E-state index contributed by atoms with van der Waals surface area (Å²) in [5.41, 5.74) is 2.58. The molecule has 4 heteroatoms. The van der Waals surface area contributed by atoms with Gasteiger partial charge >= 0.3 is 0 Å². The van der Waals surface area contributed by atoms with Crippen LogP contribution in [-0.4, -0.2) is 32.5 Å². The summed E-state index contributed by atoms with van der Waals surface area (Å²) in [7, 11) is -2.81. The first-order valence-electron chi connectivity index (χ1n) is 8.27. The van der Waals surface area contributed by atoms with E-state index in [1.807, 2.05) is 18.2 Å². The van der Waals surface area contributed by atoms with Crippen LogP contribution in [0.2, 0.25) is 0 Å². The van der Waals surface area contributed by atoms with E-state index in [2.05, 4.69) is 30.4 Å². The Labute approximate surface area is 134 Å². The van der Waals surface area contributed by atoms with Crippen molar-refractivity contribution in [2.75, 3.05) is 18.1 Å². The first-order valence-corrected chi connectivity index (χ1v) is 10.1. The lowest BCUT2D eigenvalue weighted by Crippen LogP contribution is -2.31. The van der Waals surface area contributed by atoms with E-state index in [9.17, 15) is 8.42 Å². The van der Waals surface area contributed by atoms with Crippen molar-refractivity contribution in [3.05, 3.63) is 41.5 Å². The van der Waals surface area contributed by atoms with E-state index in [4.69, 9.17) is 0 Å². The average molecular weight is 321 g/mol. The number of hydrogen-bond acceptors (Lipinski definition) is 3. The minimum absolute atomic E-state index is 0.121. The molecule has 1 heterocycles. The Hall–Kier alpha value is -1.13. The molecule has 1 fully saturated rings. The van der Waals surface area contributed by atoms with Gasteiger partial charge in [-0.15, -0.1) is 0 Å². The molecule has 0 bridgehead atoms. The van der Waals surface area contributed by atoms with E-state index in [1.54, 1.807) is 0 Å². The zero-order valence-corrected chi connectivity index (χ0v) is 14.2. The van der Waals surface area contributed by atoms with Gasteiger partial charge in [0.2, 0.25) is 0 Å². The van der Waals surface area contributed by atoms with Gasteiger partial charge in [0.1, 0.15) is 0 Å². The number of rotatable bonds is 8. The topological polar surface area (TPSA) is 46.2 Å². The predicted octanol–water partition coefficient (Wildman–Crippen LogP) is 3.43. The molecule has 1 atom stereocenters. The summed E-state index contributed by atoms with van der Waals surface area (Å²) >= 11 is 0. The SMILES string of the molecule is CCCCC/C(=C/c1ccccc1)CNC1CCS(=O)(=O)C1. The molecule has 1 saturated heterocycles. The highest BCUT2D eigenvalue weighted by Crippen LogP contribution is 2.16. The van der Waals surface area contributed by atoms with Crippen molar-refractivity contribution in [3.8, 4) is 0 Å². The first kappa shape index (κ1) is 17.2. The maximum absolute atomic E-state index is 11.5. The normalized spacial score (nSPS) is 21.1. The third kappa shape index (κ3) is 5.93. The van der Waals surface area contributed by atoms with Crippen LogP contribution in [0.15, 0.2) is 35.9 Å². The number of benzene rings is 1. The van der Waals surface area contributed by atoms with Crippen molar-refractivity contribution in [2.24, 2.45) is 0 Å². The van der Waals surface area contributed by atoms with Gasteiger partial charge in [-0.05, 0) is 24.8 Å². The van der Waals surface area contributed by atoms with Crippen LogP contribution in [0.3, 0.4) is 0 Å². The van der Waals surface area contributed by atoms with Crippen LogP contribution in [0.4, 0.5) is 0 Å². The highest BCUT2D eigenvalue weighted by Gasteiger charge is 2.27. The lowest BCUT2D eigenvalue weighted by atomic mass is 10.0. The van der Waals surface area contributed by atoms with E-state index in [-0.39, 0.29) is 6.04 Å². The minimum atomic E-state index is -2.81. The van der Waals surface area contributed by atoms with Crippen LogP contribution >= 0.6 is 0 Å². The molecule has 1 aliphatic rings. The summed E-state index contributed by atoms with van der Waals surface area (Å²) in [6, 6.07) is 10.5. The fraction of sp³-hybridized carbons (Fsp3) is 0.556. The number of nitrogens with one attached hydrogen (secondary N) is 1. The molecule has 0 saturated carbocycles. The van der Waals surface area contributed by atoms with Crippen molar-refractivity contribution < 1.29 is 8.42 Å². The zero-order chi connectivity index (χ0) is 15.8. The summed E-state index contributed by atoms with van der Waals surface area (Å²) in [6.45, 7) is 3.00. The van der Waals surface area contributed by atoms with Gasteiger partial charge in [0.05, 0.1) is 11.5 Å². The highest BCUT2D eigenvalue weighted by atomic mass is 32.2. The molecule has 1 unspecified atom stereocenters. The van der Waals surface area contributed by atoms with Gasteiger partial charge in [-0.1, -0.05) is 61.7 Å². The molecule has 0 spiro atoms. The van der Waals surface area contributed by atoms with Gasteiger partial charge in [-0.2, -0.15) is 0 Å². The molecule has 122 valence electrons. The molecule has 0 radical (unpaired) electrons. The molecule has 1 aliphatic heterocycles. The Morgan fingerprint density at radius 2 is 2.05 bits per heavy atom. The minimum Gasteiger partial charge on any atom is -0.309 e. The standard InChI is InChI=1S/C18H27NO2S/c1-2-3-5-10-17(13-16-8-6-4-7-9-16)14-19-18-11-12-22(20,21)15-18/h4,6-9,13,18-19H,2-3,5,10-12,14-15H2,1H3/b17-13-. The molecule has 0 aromatic heterocycles. The monoisotopic (exact) mass is 321 g/mol. The van der Waals surface area contributed by atoms with E-state index in [0.29, 0.717) is 11.5 Å². The lowest BCUT2D eigenvalue weighted by Gasteiger charge is -2.14. The van der Waals surface area contributed by atoms with E-state index in [0.717, 1.165) is 19.4 Å².